The number of carbonyl (C=O) groups excluding carboxylic acids is 1. The quantitative estimate of drug-likeness (QED) is 0.469. The van der Waals surface area contributed by atoms with Crippen molar-refractivity contribution in [2.45, 2.75) is 6.36 Å². The third-order valence-electron chi connectivity index (χ3n) is 4.16. The normalized spacial score (nSPS) is 11.4. The lowest BCUT2D eigenvalue weighted by atomic mass is 10.1. The Balaban J connectivity index is 1.50. The molecule has 0 unspecified atom stereocenters. The van der Waals surface area contributed by atoms with Gasteiger partial charge in [0.15, 0.2) is 0 Å². The number of alkyl halides is 3. The number of amides is 1. The van der Waals surface area contributed by atoms with Gasteiger partial charge in [0, 0.05) is 17.4 Å². The Morgan fingerprint density at radius 3 is 2.53 bits per heavy atom. The molecule has 1 amide bonds. The van der Waals surface area contributed by atoms with E-state index in [0.29, 0.717) is 28.0 Å². The maximum absolute atomic E-state index is 12.4. The highest BCUT2D eigenvalue weighted by Gasteiger charge is 2.31. The van der Waals surface area contributed by atoms with Crippen LogP contribution in [0.1, 0.15) is 10.4 Å². The first-order valence-corrected chi connectivity index (χ1v) is 8.62. The lowest BCUT2D eigenvalue weighted by molar-refractivity contribution is -0.274. The zero-order valence-corrected chi connectivity index (χ0v) is 15.1. The number of halogens is 3. The number of rotatable bonds is 4. The minimum absolute atomic E-state index is 0.254. The van der Waals surface area contributed by atoms with Gasteiger partial charge in [-0.1, -0.05) is 12.1 Å². The molecule has 0 aliphatic rings. The lowest BCUT2D eigenvalue weighted by Gasteiger charge is -2.10. The number of nitrogens with zero attached hydrogens (tertiary/aromatic N) is 1. The predicted octanol–water partition coefficient (Wildman–Crippen LogP) is 4.07. The maximum Gasteiger partial charge on any atom is 0.573 e. The van der Waals surface area contributed by atoms with Crippen molar-refractivity contribution in [1.82, 2.24) is 15.0 Å². The van der Waals surface area contributed by atoms with Gasteiger partial charge in [-0.3, -0.25) is 9.78 Å². The van der Waals surface area contributed by atoms with Crippen LogP contribution in [0.15, 0.2) is 65.6 Å². The average Bonchev–Trinajstić information content (AvgIpc) is 3.06. The summed E-state index contributed by atoms with van der Waals surface area (Å²) >= 11 is 0. The molecule has 7 nitrogen and oxygen atoms in total. The van der Waals surface area contributed by atoms with Crippen LogP contribution < -0.4 is 15.7 Å². The first kappa shape index (κ1) is 19.2. The second kappa shape index (κ2) is 7.39. The Hall–Kier alpha value is -4.08. The van der Waals surface area contributed by atoms with E-state index in [0.717, 1.165) is 0 Å². The zero-order valence-electron chi connectivity index (χ0n) is 15.1. The number of fused-ring (bicyclic) bond motifs is 1. The second-order valence-electron chi connectivity index (χ2n) is 6.30. The third kappa shape index (κ3) is 4.32. The molecule has 0 spiro atoms. The van der Waals surface area contributed by atoms with Crippen LogP contribution >= 0.6 is 0 Å². The van der Waals surface area contributed by atoms with Gasteiger partial charge in [-0.25, -0.2) is 4.79 Å². The highest BCUT2D eigenvalue weighted by molar-refractivity contribution is 6.04. The van der Waals surface area contributed by atoms with Gasteiger partial charge in [0.25, 0.3) is 5.91 Å². The number of hydrogen-bond acceptors (Lipinski definition) is 4. The number of aromatic nitrogens is 3. The minimum atomic E-state index is -4.79. The van der Waals surface area contributed by atoms with Gasteiger partial charge in [0.1, 0.15) is 5.75 Å². The summed E-state index contributed by atoms with van der Waals surface area (Å²) < 4.78 is 41.1. The summed E-state index contributed by atoms with van der Waals surface area (Å²) in [5.74, 6) is -0.790. The molecule has 0 fully saturated rings. The predicted molar refractivity (Wildman–Crippen MR) is 103 cm³/mol. The van der Waals surface area contributed by atoms with Crippen molar-refractivity contribution >= 4 is 22.6 Å². The number of nitrogens with one attached hydrogen (secondary N) is 3. The van der Waals surface area contributed by atoms with Crippen LogP contribution in [0, 0.1) is 0 Å². The molecule has 0 atom stereocenters. The third-order valence-corrected chi connectivity index (χ3v) is 4.16. The van der Waals surface area contributed by atoms with Crippen LogP contribution in [0.3, 0.4) is 0 Å². The molecular weight excluding hydrogens is 401 g/mol. The fourth-order valence-corrected chi connectivity index (χ4v) is 2.87. The molecule has 0 saturated carbocycles. The summed E-state index contributed by atoms with van der Waals surface area (Å²) in [7, 11) is 0. The molecule has 3 N–H and O–H groups in total. The van der Waals surface area contributed by atoms with Gasteiger partial charge in [0.2, 0.25) is 0 Å². The van der Waals surface area contributed by atoms with Gasteiger partial charge >= 0.3 is 12.1 Å². The van der Waals surface area contributed by atoms with Crippen LogP contribution in [0.25, 0.3) is 22.3 Å². The number of imidazole rings is 1. The number of H-pyrrole nitrogens is 2. The molecule has 2 heterocycles. The van der Waals surface area contributed by atoms with Crippen LogP contribution in [-0.2, 0) is 0 Å². The molecule has 10 heteroatoms. The average molecular weight is 414 g/mol. The molecular formula is C20H13F3N4O3. The molecule has 0 bridgehead atoms. The van der Waals surface area contributed by atoms with E-state index in [9.17, 15) is 22.8 Å². The Labute approximate surface area is 166 Å². The van der Waals surface area contributed by atoms with E-state index in [4.69, 9.17) is 0 Å². The van der Waals surface area contributed by atoms with Crippen LogP contribution in [0.2, 0.25) is 0 Å². The SMILES string of the molecule is O=C(Nc1ccc2[nH]c(=O)[nH]c2c1)c1ccc(-c2cccc(OC(F)(F)F)c2)nc1. The topological polar surface area (TPSA) is 99.9 Å². The highest BCUT2D eigenvalue weighted by atomic mass is 19.4. The summed E-state index contributed by atoms with van der Waals surface area (Å²) in [6.45, 7) is 0. The monoisotopic (exact) mass is 414 g/mol. The molecule has 30 heavy (non-hydrogen) atoms. The molecule has 4 rings (SSSR count). The van der Waals surface area contributed by atoms with E-state index >= 15 is 0 Å². The molecule has 4 aromatic rings. The van der Waals surface area contributed by atoms with Gasteiger partial charge in [-0.05, 0) is 42.5 Å². The largest absolute Gasteiger partial charge is 0.573 e. The summed E-state index contributed by atoms with van der Waals surface area (Å²) in [5.41, 5.74) is 2.33. The van der Waals surface area contributed by atoms with Crippen LogP contribution in [0.4, 0.5) is 18.9 Å². The summed E-state index contributed by atoms with van der Waals surface area (Å²) in [4.78, 5) is 33.1. The first-order chi connectivity index (χ1) is 14.3. The molecule has 2 aromatic carbocycles. The van der Waals surface area contributed by atoms with Gasteiger partial charge in [-0.15, -0.1) is 13.2 Å². The van der Waals surface area contributed by atoms with Gasteiger partial charge in [-0.2, -0.15) is 0 Å². The molecule has 2 aromatic heterocycles. The Morgan fingerprint density at radius 1 is 1.00 bits per heavy atom. The Bertz CT molecular complexity index is 1280. The fourth-order valence-electron chi connectivity index (χ4n) is 2.87. The Morgan fingerprint density at radius 2 is 1.80 bits per heavy atom. The van der Waals surface area contributed by atoms with Crippen molar-refractivity contribution in [1.29, 1.82) is 0 Å². The van der Waals surface area contributed by atoms with Crippen molar-refractivity contribution in [2.75, 3.05) is 5.32 Å². The lowest BCUT2D eigenvalue weighted by Crippen LogP contribution is -2.17. The van der Waals surface area contributed by atoms with Crippen molar-refractivity contribution in [3.63, 3.8) is 0 Å². The summed E-state index contributed by atoms with van der Waals surface area (Å²) in [5, 5.41) is 2.69. The standard InChI is InChI=1S/C20H13F3N4O3/c21-20(22,23)30-14-3-1-2-11(8-14)15-6-4-12(10-24-15)18(28)25-13-5-7-16-17(9-13)27-19(29)26-16/h1-10H,(H,25,28)(H2,26,27,29). The number of anilines is 1. The number of ether oxygens (including phenoxy) is 1. The first-order valence-electron chi connectivity index (χ1n) is 8.62. The highest BCUT2D eigenvalue weighted by Crippen LogP contribution is 2.27. The smallest absolute Gasteiger partial charge is 0.406 e. The van der Waals surface area contributed by atoms with Crippen LogP contribution in [-0.4, -0.2) is 27.2 Å². The van der Waals surface area contributed by atoms with Crippen molar-refractivity contribution in [3.8, 4) is 17.0 Å². The number of hydrogen-bond donors (Lipinski definition) is 3. The number of carbonyl (C=O) groups is 1. The summed E-state index contributed by atoms with van der Waals surface area (Å²) in [6, 6.07) is 13.3. The zero-order chi connectivity index (χ0) is 21.3. The van der Waals surface area contributed by atoms with E-state index in [1.807, 2.05) is 0 Å². The van der Waals surface area contributed by atoms with Gasteiger partial charge in [0.05, 0.1) is 22.3 Å². The van der Waals surface area contributed by atoms with E-state index in [1.165, 1.54) is 36.5 Å². The fraction of sp³-hybridized carbons (Fsp3) is 0.0500. The Kier molecular flexibility index (Phi) is 4.74. The van der Waals surface area contributed by atoms with E-state index in [-0.39, 0.29) is 17.0 Å². The molecule has 0 radical (unpaired) electrons. The minimum Gasteiger partial charge on any atom is -0.406 e. The number of benzene rings is 2. The molecule has 152 valence electrons. The van der Waals surface area contributed by atoms with E-state index in [1.54, 1.807) is 24.3 Å². The number of pyridine rings is 1. The molecule has 0 saturated heterocycles. The van der Waals surface area contributed by atoms with Gasteiger partial charge < -0.3 is 20.0 Å². The van der Waals surface area contributed by atoms with Crippen molar-refractivity contribution in [2.24, 2.45) is 0 Å². The van der Waals surface area contributed by atoms with E-state index in [2.05, 4.69) is 25.0 Å². The van der Waals surface area contributed by atoms with E-state index < -0.39 is 12.3 Å². The second-order valence-corrected chi connectivity index (χ2v) is 6.30. The van der Waals surface area contributed by atoms with Crippen molar-refractivity contribution < 1.29 is 22.7 Å². The molecule has 0 aliphatic heterocycles. The summed E-state index contributed by atoms with van der Waals surface area (Å²) in [6.07, 6.45) is -3.47. The number of aromatic amines is 2. The van der Waals surface area contributed by atoms with Crippen molar-refractivity contribution in [3.05, 3.63) is 76.8 Å². The molecule has 0 aliphatic carbocycles. The van der Waals surface area contributed by atoms with Crippen LogP contribution in [0.5, 0.6) is 5.75 Å². The maximum atomic E-state index is 12.4.